The Morgan fingerprint density at radius 3 is 1.93 bits per heavy atom. The highest BCUT2D eigenvalue weighted by Gasteiger charge is 2.66. The Kier molecular flexibility index (Phi) is 2.35. The van der Waals surface area contributed by atoms with Crippen LogP contribution in [0, 0.1) is 0 Å². The topological polar surface area (TPSA) is 25.8 Å². The quantitative estimate of drug-likeness (QED) is 0.720. The summed E-state index contributed by atoms with van der Waals surface area (Å²) in [5, 5.41) is -0.138. The van der Waals surface area contributed by atoms with Gasteiger partial charge in [0, 0.05) is 6.07 Å². The predicted octanol–water partition coefficient (Wildman–Crippen LogP) is 3.38. The van der Waals surface area contributed by atoms with Gasteiger partial charge in [0.15, 0.2) is 0 Å². The smallest absolute Gasteiger partial charge is 0.220 e. The van der Waals surface area contributed by atoms with Gasteiger partial charge in [-0.05, 0) is 12.8 Å². The lowest BCUT2D eigenvalue weighted by Crippen LogP contribution is -2.30. The fourth-order valence-electron chi connectivity index (χ4n) is 1.36. The molecule has 0 radical (unpaired) electrons. The average Bonchev–Trinajstić information content (AvgIpc) is 2.79. The van der Waals surface area contributed by atoms with Crippen molar-refractivity contribution >= 4 is 23.2 Å². The molecule has 0 aromatic carbocycles. The highest BCUT2D eigenvalue weighted by Crippen LogP contribution is 2.57. The third kappa shape index (κ3) is 1.78. The van der Waals surface area contributed by atoms with Crippen molar-refractivity contribution in [3.8, 4) is 0 Å². The Bertz CT molecular complexity index is 381. The molecule has 1 saturated carbocycles. The number of hydrogen-bond acceptors (Lipinski definition) is 2. The van der Waals surface area contributed by atoms with Crippen molar-refractivity contribution in [2.24, 2.45) is 0 Å². The van der Waals surface area contributed by atoms with Gasteiger partial charge in [-0.15, -0.1) is 0 Å². The molecule has 0 atom stereocenters. The van der Waals surface area contributed by atoms with E-state index < -0.39 is 11.6 Å². The first-order chi connectivity index (χ1) is 6.85. The zero-order chi connectivity index (χ0) is 11.3. The molecule has 0 saturated heterocycles. The fraction of sp³-hybridized carbons (Fsp3) is 0.500. The lowest BCUT2D eigenvalue weighted by Gasteiger charge is -2.17. The van der Waals surface area contributed by atoms with Crippen LogP contribution < -0.4 is 0 Å². The van der Waals surface area contributed by atoms with Crippen LogP contribution in [-0.4, -0.2) is 16.1 Å². The van der Waals surface area contributed by atoms with E-state index in [1.165, 1.54) is 6.07 Å². The Balaban J connectivity index is 2.46. The number of rotatable bonds is 1. The first-order valence-electron chi connectivity index (χ1n) is 4.12. The molecular weight excluding hydrogens is 252 g/mol. The lowest BCUT2D eigenvalue weighted by molar-refractivity contribution is -0.162. The average molecular weight is 257 g/mol. The van der Waals surface area contributed by atoms with Crippen LogP contribution in [0.15, 0.2) is 6.07 Å². The number of alkyl halides is 3. The lowest BCUT2D eigenvalue weighted by atomic mass is 10.1. The molecule has 1 aromatic heterocycles. The molecular formula is C8H5Cl2F3N2. The molecule has 15 heavy (non-hydrogen) atoms. The largest absolute Gasteiger partial charge is 0.401 e. The third-order valence-corrected chi connectivity index (χ3v) is 2.77. The van der Waals surface area contributed by atoms with Gasteiger partial charge >= 0.3 is 6.18 Å². The van der Waals surface area contributed by atoms with Crippen LogP contribution in [0.3, 0.4) is 0 Å². The molecule has 0 aliphatic heterocycles. The molecule has 2 rings (SSSR count). The normalized spacial score (nSPS) is 19.0. The minimum Gasteiger partial charge on any atom is -0.220 e. The van der Waals surface area contributed by atoms with E-state index in [2.05, 4.69) is 9.97 Å². The summed E-state index contributed by atoms with van der Waals surface area (Å²) in [6.07, 6.45) is -4.36. The van der Waals surface area contributed by atoms with Gasteiger partial charge in [-0.3, -0.25) is 0 Å². The molecule has 0 N–H and O–H groups in total. The molecule has 1 heterocycles. The highest BCUT2D eigenvalue weighted by atomic mass is 35.5. The van der Waals surface area contributed by atoms with E-state index in [4.69, 9.17) is 23.2 Å². The second-order valence-corrected chi connectivity index (χ2v) is 4.19. The zero-order valence-corrected chi connectivity index (χ0v) is 8.79. The summed E-state index contributed by atoms with van der Waals surface area (Å²) in [4.78, 5) is 7.17. The van der Waals surface area contributed by atoms with Crippen molar-refractivity contribution in [1.29, 1.82) is 0 Å². The van der Waals surface area contributed by atoms with E-state index in [-0.39, 0.29) is 29.0 Å². The minimum atomic E-state index is -4.35. The number of aromatic nitrogens is 2. The van der Waals surface area contributed by atoms with E-state index in [0.29, 0.717) is 0 Å². The first-order valence-corrected chi connectivity index (χ1v) is 4.88. The SMILES string of the molecule is FC(F)(F)C1(c2nc(Cl)cc(Cl)n2)CC1. The van der Waals surface area contributed by atoms with Crippen LogP contribution in [0.2, 0.25) is 10.3 Å². The van der Waals surface area contributed by atoms with E-state index in [1.807, 2.05) is 0 Å². The van der Waals surface area contributed by atoms with Crippen molar-refractivity contribution < 1.29 is 13.2 Å². The van der Waals surface area contributed by atoms with Crippen molar-refractivity contribution in [3.05, 3.63) is 22.2 Å². The minimum absolute atomic E-state index is 0.00677. The standard InChI is InChI=1S/C8H5Cl2F3N2/c9-4-3-5(10)15-6(14-4)7(1-2-7)8(11,12)13/h3H,1-2H2. The molecule has 82 valence electrons. The van der Waals surface area contributed by atoms with Gasteiger partial charge in [0.2, 0.25) is 0 Å². The summed E-state index contributed by atoms with van der Waals surface area (Å²) in [5.74, 6) is -0.326. The maximum absolute atomic E-state index is 12.7. The summed E-state index contributed by atoms with van der Waals surface area (Å²) >= 11 is 11.1. The molecule has 0 spiro atoms. The van der Waals surface area contributed by atoms with Gasteiger partial charge in [0.25, 0.3) is 0 Å². The monoisotopic (exact) mass is 256 g/mol. The zero-order valence-electron chi connectivity index (χ0n) is 7.28. The van der Waals surface area contributed by atoms with Crippen LogP contribution in [-0.2, 0) is 5.41 Å². The first kappa shape index (κ1) is 11.0. The van der Waals surface area contributed by atoms with Crippen molar-refractivity contribution in [1.82, 2.24) is 9.97 Å². The number of nitrogens with zero attached hydrogens (tertiary/aromatic N) is 2. The number of hydrogen-bond donors (Lipinski definition) is 0. The van der Waals surface area contributed by atoms with Gasteiger partial charge in [-0.25, -0.2) is 9.97 Å². The van der Waals surface area contributed by atoms with Crippen LogP contribution in [0.25, 0.3) is 0 Å². The van der Waals surface area contributed by atoms with Crippen molar-refractivity contribution in [3.63, 3.8) is 0 Å². The van der Waals surface area contributed by atoms with Crippen LogP contribution >= 0.6 is 23.2 Å². The van der Waals surface area contributed by atoms with Crippen LogP contribution in [0.4, 0.5) is 13.2 Å². The molecule has 1 aliphatic carbocycles. The van der Waals surface area contributed by atoms with E-state index in [0.717, 1.165) is 0 Å². The van der Waals surface area contributed by atoms with Crippen LogP contribution in [0.1, 0.15) is 18.7 Å². The third-order valence-electron chi connectivity index (χ3n) is 2.38. The maximum atomic E-state index is 12.7. The molecule has 7 heteroatoms. The second kappa shape index (κ2) is 3.22. The molecule has 0 unspecified atom stereocenters. The highest BCUT2D eigenvalue weighted by molar-refractivity contribution is 6.33. The molecule has 1 aliphatic rings. The van der Waals surface area contributed by atoms with Gasteiger partial charge < -0.3 is 0 Å². The van der Waals surface area contributed by atoms with Gasteiger partial charge in [-0.2, -0.15) is 13.2 Å². The Morgan fingerprint density at radius 2 is 1.60 bits per heavy atom. The van der Waals surface area contributed by atoms with Gasteiger partial charge in [-0.1, -0.05) is 23.2 Å². The maximum Gasteiger partial charge on any atom is 0.401 e. The summed E-state index contributed by atoms with van der Waals surface area (Å²) in [5.41, 5.74) is -1.93. The second-order valence-electron chi connectivity index (χ2n) is 3.42. The predicted molar refractivity (Wildman–Crippen MR) is 49.0 cm³/mol. The summed E-state index contributed by atoms with van der Waals surface area (Å²) in [6, 6.07) is 1.21. The Morgan fingerprint density at radius 1 is 1.13 bits per heavy atom. The van der Waals surface area contributed by atoms with E-state index in [9.17, 15) is 13.2 Å². The number of halogens is 5. The summed E-state index contributed by atoms with van der Waals surface area (Å²) in [7, 11) is 0. The molecule has 0 bridgehead atoms. The van der Waals surface area contributed by atoms with Crippen molar-refractivity contribution in [2.45, 2.75) is 24.4 Å². The van der Waals surface area contributed by atoms with E-state index in [1.54, 1.807) is 0 Å². The summed E-state index contributed by atoms with van der Waals surface area (Å²) < 4.78 is 38.0. The van der Waals surface area contributed by atoms with Crippen molar-refractivity contribution in [2.75, 3.05) is 0 Å². The Hall–Kier alpha value is -0.550. The molecule has 1 aromatic rings. The molecule has 0 amide bonds. The van der Waals surface area contributed by atoms with Crippen LogP contribution in [0.5, 0.6) is 0 Å². The van der Waals surface area contributed by atoms with Gasteiger partial charge in [0.1, 0.15) is 21.5 Å². The Labute approximate surface area is 93.4 Å². The summed E-state index contributed by atoms with van der Waals surface area (Å²) in [6.45, 7) is 0. The van der Waals surface area contributed by atoms with E-state index >= 15 is 0 Å². The fourth-order valence-corrected chi connectivity index (χ4v) is 1.79. The van der Waals surface area contributed by atoms with Gasteiger partial charge in [0.05, 0.1) is 0 Å². The molecule has 1 fully saturated rings. The molecule has 2 nitrogen and oxygen atoms in total.